The number of primary amides is 1. The van der Waals surface area contributed by atoms with Crippen LogP contribution in [0.2, 0.25) is 0 Å². The Balaban J connectivity index is 5.19. The molecular weight excluding hydrogens is 240 g/mol. The van der Waals surface area contributed by atoms with E-state index in [0.717, 1.165) is 19.3 Å². The van der Waals surface area contributed by atoms with Crippen molar-refractivity contribution in [3.05, 3.63) is 0 Å². The number of rotatable bonds is 9. The molecular formula is C15H32N2O2. The van der Waals surface area contributed by atoms with Gasteiger partial charge in [-0.15, -0.1) is 0 Å². The van der Waals surface area contributed by atoms with Crippen molar-refractivity contribution < 1.29 is 9.90 Å². The molecule has 0 rings (SSSR count). The van der Waals surface area contributed by atoms with E-state index >= 15 is 0 Å². The number of aliphatic hydroxyl groups excluding tert-OH is 1. The van der Waals surface area contributed by atoms with Crippen LogP contribution in [0.15, 0.2) is 0 Å². The van der Waals surface area contributed by atoms with Gasteiger partial charge >= 0.3 is 0 Å². The molecule has 0 fully saturated rings. The van der Waals surface area contributed by atoms with Crippen LogP contribution in [0.4, 0.5) is 0 Å². The lowest BCUT2D eigenvalue weighted by Crippen LogP contribution is -2.58. The first-order valence-corrected chi connectivity index (χ1v) is 7.30. The van der Waals surface area contributed by atoms with Gasteiger partial charge in [0, 0.05) is 11.1 Å². The molecule has 0 aromatic carbocycles. The van der Waals surface area contributed by atoms with Crippen molar-refractivity contribution in [3.63, 3.8) is 0 Å². The molecule has 0 aliphatic carbocycles. The number of hydrogen-bond acceptors (Lipinski definition) is 3. The molecule has 4 nitrogen and oxygen atoms in total. The minimum absolute atomic E-state index is 0.0599. The molecule has 0 aliphatic rings. The van der Waals surface area contributed by atoms with E-state index in [-0.39, 0.29) is 23.6 Å². The minimum Gasteiger partial charge on any atom is -0.394 e. The highest BCUT2D eigenvalue weighted by molar-refractivity contribution is 5.80. The van der Waals surface area contributed by atoms with Crippen molar-refractivity contribution in [1.29, 1.82) is 0 Å². The van der Waals surface area contributed by atoms with Gasteiger partial charge in [-0.3, -0.25) is 4.79 Å². The quantitative estimate of drug-likeness (QED) is 0.602. The molecule has 0 aliphatic heterocycles. The standard InChI is InChI=1S/C15H32N2O2/c1-7-14(6,17-13(4,5)11-18)10-15(8-2,9-3)12(16)19/h17-18H,7-11H2,1-6H3,(H2,16,19). The van der Waals surface area contributed by atoms with E-state index in [2.05, 4.69) is 19.2 Å². The first-order valence-electron chi connectivity index (χ1n) is 7.30. The first kappa shape index (κ1) is 18.4. The number of carbonyl (C=O) groups excluding carboxylic acids is 1. The van der Waals surface area contributed by atoms with Gasteiger partial charge < -0.3 is 16.2 Å². The topological polar surface area (TPSA) is 75.4 Å². The van der Waals surface area contributed by atoms with Crippen LogP contribution in [0.3, 0.4) is 0 Å². The van der Waals surface area contributed by atoms with Crippen LogP contribution in [-0.2, 0) is 4.79 Å². The molecule has 0 aromatic rings. The second kappa shape index (κ2) is 6.71. The van der Waals surface area contributed by atoms with E-state index in [1.165, 1.54) is 0 Å². The Kier molecular flexibility index (Phi) is 6.49. The zero-order chi connectivity index (χ0) is 15.3. The molecule has 0 heterocycles. The Morgan fingerprint density at radius 1 is 1.11 bits per heavy atom. The Morgan fingerprint density at radius 2 is 1.58 bits per heavy atom. The van der Waals surface area contributed by atoms with E-state index in [1.807, 2.05) is 27.7 Å². The number of hydrogen-bond donors (Lipinski definition) is 3. The fourth-order valence-electron chi connectivity index (χ4n) is 2.80. The molecule has 0 aromatic heterocycles. The number of nitrogens with two attached hydrogens (primary N) is 1. The lowest BCUT2D eigenvalue weighted by atomic mass is 9.70. The minimum atomic E-state index is -0.469. The Bertz CT molecular complexity index is 299. The summed E-state index contributed by atoms with van der Waals surface area (Å²) >= 11 is 0. The van der Waals surface area contributed by atoms with Crippen molar-refractivity contribution in [2.75, 3.05) is 6.61 Å². The summed E-state index contributed by atoms with van der Waals surface area (Å²) < 4.78 is 0. The molecule has 0 saturated carbocycles. The zero-order valence-electron chi connectivity index (χ0n) is 13.5. The fourth-order valence-corrected chi connectivity index (χ4v) is 2.80. The zero-order valence-corrected chi connectivity index (χ0v) is 13.5. The second-order valence-corrected chi connectivity index (χ2v) is 6.61. The van der Waals surface area contributed by atoms with E-state index in [1.54, 1.807) is 0 Å². The molecule has 4 N–H and O–H groups in total. The lowest BCUT2D eigenvalue weighted by Gasteiger charge is -2.43. The monoisotopic (exact) mass is 272 g/mol. The maximum Gasteiger partial charge on any atom is 0.223 e. The first-order chi connectivity index (χ1) is 8.60. The van der Waals surface area contributed by atoms with Gasteiger partial charge in [-0.25, -0.2) is 0 Å². The van der Waals surface area contributed by atoms with Crippen LogP contribution >= 0.6 is 0 Å². The van der Waals surface area contributed by atoms with E-state index in [4.69, 9.17) is 5.73 Å². The average Bonchev–Trinajstić information content (AvgIpc) is 2.35. The molecule has 0 saturated heterocycles. The highest BCUT2D eigenvalue weighted by Gasteiger charge is 2.41. The van der Waals surface area contributed by atoms with Crippen molar-refractivity contribution in [1.82, 2.24) is 5.32 Å². The SMILES string of the molecule is CCC(C)(CC(CC)(CC)C(N)=O)NC(C)(C)CO. The third-order valence-electron chi connectivity index (χ3n) is 4.42. The molecule has 114 valence electrons. The smallest absolute Gasteiger partial charge is 0.223 e. The van der Waals surface area contributed by atoms with Gasteiger partial charge in [-0.2, -0.15) is 0 Å². The number of amides is 1. The third kappa shape index (κ3) is 4.77. The molecule has 19 heavy (non-hydrogen) atoms. The molecule has 0 spiro atoms. The van der Waals surface area contributed by atoms with Gasteiger partial charge in [0.05, 0.1) is 12.0 Å². The maximum absolute atomic E-state index is 11.9. The Morgan fingerprint density at radius 3 is 1.84 bits per heavy atom. The summed E-state index contributed by atoms with van der Waals surface area (Å²) in [6.07, 6.45) is 3.07. The highest BCUT2D eigenvalue weighted by Crippen LogP contribution is 2.37. The van der Waals surface area contributed by atoms with E-state index in [0.29, 0.717) is 6.42 Å². The average molecular weight is 272 g/mol. The van der Waals surface area contributed by atoms with E-state index in [9.17, 15) is 9.90 Å². The van der Waals surface area contributed by atoms with Crippen molar-refractivity contribution in [2.24, 2.45) is 11.1 Å². The van der Waals surface area contributed by atoms with Crippen molar-refractivity contribution in [3.8, 4) is 0 Å². The summed E-state index contributed by atoms with van der Waals surface area (Å²) in [5.41, 5.74) is 4.59. The summed E-state index contributed by atoms with van der Waals surface area (Å²) in [5.74, 6) is -0.222. The number of aliphatic hydroxyl groups is 1. The molecule has 1 amide bonds. The highest BCUT2D eigenvalue weighted by atomic mass is 16.3. The fraction of sp³-hybridized carbons (Fsp3) is 0.933. The van der Waals surface area contributed by atoms with Gasteiger partial charge in [0.15, 0.2) is 0 Å². The number of nitrogens with one attached hydrogen (secondary N) is 1. The summed E-state index contributed by atoms with van der Waals surface area (Å²) in [4.78, 5) is 11.9. The van der Waals surface area contributed by atoms with Crippen LogP contribution in [0.25, 0.3) is 0 Å². The van der Waals surface area contributed by atoms with Crippen LogP contribution < -0.4 is 11.1 Å². The van der Waals surface area contributed by atoms with Gasteiger partial charge in [0.2, 0.25) is 5.91 Å². The second-order valence-electron chi connectivity index (χ2n) is 6.61. The van der Waals surface area contributed by atoms with E-state index < -0.39 is 5.41 Å². The molecule has 0 radical (unpaired) electrons. The van der Waals surface area contributed by atoms with Gasteiger partial charge in [-0.1, -0.05) is 20.8 Å². The summed E-state index contributed by atoms with van der Waals surface area (Å²) in [6, 6.07) is 0. The van der Waals surface area contributed by atoms with Gasteiger partial charge in [0.25, 0.3) is 0 Å². The van der Waals surface area contributed by atoms with Gasteiger partial charge in [0.1, 0.15) is 0 Å². The van der Waals surface area contributed by atoms with Gasteiger partial charge in [-0.05, 0) is 46.5 Å². The molecule has 0 bridgehead atoms. The van der Waals surface area contributed by atoms with Crippen LogP contribution in [0, 0.1) is 5.41 Å². The van der Waals surface area contributed by atoms with Crippen LogP contribution in [0.5, 0.6) is 0 Å². The molecule has 4 heteroatoms. The van der Waals surface area contributed by atoms with Crippen molar-refractivity contribution in [2.45, 2.75) is 78.3 Å². The van der Waals surface area contributed by atoms with Crippen LogP contribution in [0.1, 0.15) is 67.2 Å². The normalized spacial score (nSPS) is 16.2. The molecule has 1 atom stereocenters. The molecule has 1 unspecified atom stereocenters. The summed E-state index contributed by atoms with van der Waals surface area (Å²) in [7, 11) is 0. The maximum atomic E-state index is 11.9. The lowest BCUT2D eigenvalue weighted by molar-refractivity contribution is -0.129. The Labute approximate surface area is 118 Å². The largest absolute Gasteiger partial charge is 0.394 e. The Hall–Kier alpha value is -0.610. The predicted octanol–water partition coefficient (Wildman–Crippen LogP) is 2.20. The predicted molar refractivity (Wildman–Crippen MR) is 79.8 cm³/mol. The summed E-state index contributed by atoms with van der Waals surface area (Å²) in [5, 5.41) is 12.9. The third-order valence-corrected chi connectivity index (χ3v) is 4.42. The van der Waals surface area contributed by atoms with Crippen molar-refractivity contribution >= 4 is 5.91 Å². The summed E-state index contributed by atoms with van der Waals surface area (Å²) in [6.45, 7) is 12.2. The number of carbonyl (C=O) groups is 1. The van der Waals surface area contributed by atoms with Crippen LogP contribution in [-0.4, -0.2) is 28.7 Å².